The van der Waals surface area contributed by atoms with Gasteiger partial charge >= 0.3 is 11.9 Å². The predicted octanol–water partition coefficient (Wildman–Crippen LogP) is 5.62. The number of hydrogen-bond acceptors (Lipinski definition) is 4. The molecule has 28 heavy (non-hydrogen) atoms. The first-order valence-electron chi connectivity index (χ1n) is 10.7. The van der Waals surface area contributed by atoms with Crippen LogP contribution in [0.25, 0.3) is 0 Å². The van der Waals surface area contributed by atoms with Gasteiger partial charge in [0.15, 0.2) is 0 Å². The fraction of sp³-hybridized carbons (Fsp3) is 0.750. The van der Waals surface area contributed by atoms with Crippen molar-refractivity contribution in [3.63, 3.8) is 0 Å². The Balaban J connectivity index is 2.10. The van der Waals surface area contributed by atoms with Crippen LogP contribution in [0.5, 0.6) is 0 Å². The zero-order valence-corrected chi connectivity index (χ0v) is 18.4. The number of ether oxygens (including phenoxy) is 2. The summed E-state index contributed by atoms with van der Waals surface area (Å²) < 4.78 is 10.5. The Kier molecular flexibility index (Phi) is 7.52. The maximum atomic E-state index is 11.4. The Morgan fingerprint density at radius 2 is 1.82 bits per heavy atom. The fourth-order valence-electron chi connectivity index (χ4n) is 5.83. The van der Waals surface area contributed by atoms with Crippen molar-refractivity contribution in [1.82, 2.24) is 0 Å². The summed E-state index contributed by atoms with van der Waals surface area (Å²) >= 11 is 0. The van der Waals surface area contributed by atoms with Crippen molar-refractivity contribution in [2.75, 3.05) is 13.2 Å². The third-order valence-corrected chi connectivity index (χ3v) is 7.29. The molecule has 0 heterocycles. The van der Waals surface area contributed by atoms with Crippen molar-refractivity contribution >= 4 is 11.9 Å². The second kappa shape index (κ2) is 9.28. The van der Waals surface area contributed by atoms with Gasteiger partial charge in [0, 0.05) is 19.3 Å². The standard InChI is InChI=1S/C24H38O4/c1-17(12-15-27-19(3)25)8-10-21-18(2)9-11-22-23(5,16-28-20(4)26)13-7-14-24(21,22)6/h12,21-22H,2,7-11,13-16H2,1,3-6H3/b17-12+. The van der Waals surface area contributed by atoms with Gasteiger partial charge in [0.05, 0.1) is 6.61 Å². The highest BCUT2D eigenvalue weighted by Crippen LogP contribution is 2.62. The highest BCUT2D eigenvalue weighted by molar-refractivity contribution is 5.66. The van der Waals surface area contributed by atoms with Crippen molar-refractivity contribution in [3.8, 4) is 0 Å². The topological polar surface area (TPSA) is 52.6 Å². The highest BCUT2D eigenvalue weighted by Gasteiger charge is 2.54. The van der Waals surface area contributed by atoms with E-state index >= 15 is 0 Å². The molecular formula is C24H38O4. The lowest BCUT2D eigenvalue weighted by Gasteiger charge is -2.58. The molecule has 0 spiro atoms. The third-order valence-electron chi connectivity index (χ3n) is 7.29. The highest BCUT2D eigenvalue weighted by atomic mass is 16.5. The number of esters is 2. The van der Waals surface area contributed by atoms with E-state index in [2.05, 4.69) is 27.4 Å². The molecule has 0 aromatic carbocycles. The van der Waals surface area contributed by atoms with Crippen molar-refractivity contribution in [2.45, 2.75) is 79.6 Å². The summed E-state index contributed by atoms with van der Waals surface area (Å²) in [5.74, 6) is 0.613. The lowest BCUT2D eigenvalue weighted by molar-refractivity contribution is -0.152. The van der Waals surface area contributed by atoms with Crippen LogP contribution in [-0.4, -0.2) is 25.2 Å². The number of fused-ring (bicyclic) bond motifs is 1. The van der Waals surface area contributed by atoms with Gasteiger partial charge in [-0.15, -0.1) is 0 Å². The first-order valence-corrected chi connectivity index (χ1v) is 10.7. The van der Waals surface area contributed by atoms with Crippen LogP contribution in [0.3, 0.4) is 0 Å². The summed E-state index contributed by atoms with van der Waals surface area (Å²) in [4.78, 5) is 22.4. The quantitative estimate of drug-likeness (QED) is 0.418. The molecule has 0 radical (unpaired) electrons. The Morgan fingerprint density at radius 3 is 2.46 bits per heavy atom. The van der Waals surface area contributed by atoms with Crippen molar-refractivity contribution < 1.29 is 19.1 Å². The molecule has 0 bridgehead atoms. The third kappa shape index (κ3) is 5.27. The van der Waals surface area contributed by atoms with Gasteiger partial charge in [0.25, 0.3) is 0 Å². The molecule has 4 nitrogen and oxygen atoms in total. The number of rotatable bonds is 7. The summed E-state index contributed by atoms with van der Waals surface area (Å²) in [6.07, 6.45) is 9.82. The summed E-state index contributed by atoms with van der Waals surface area (Å²) in [6.45, 7) is 15.1. The van der Waals surface area contributed by atoms with E-state index in [4.69, 9.17) is 9.47 Å². The molecule has 4 unspecified atom stereocenters. The molecule has 2 aliphatic rings. The number of carbonyl (C=O) groups excluding carboxylic acids is 2. The minimum Gasteiger partial charge on any atom is -0.465 e. The van der Waals surface area contributed by atoms with Gasteiger partial charge in [-0.25, -0.2) is 0 Å². The van der Waals surface area contributed by atoms with Gasteiger partial charge < -0.3 is 9.47 Å². The Bertz CT molecular complexity index is 635. The smallest absolute Gasteiger partial charge is 0.302 e. The molecule has 0 aromatic rings. The average molecular weight is 391 g/mol. The van der Waals surface area contributed by atoms with Crippen LogP contribution in [0.4, 0.5) is 0 Å². The number of hydrogen-bond donors (Lipinski definition) is 0. The predicted molar refractivity (Wildman–Crippen MR) is 112 cm³/mol. The van der Waals surface area contributed by atoms with Crippen molar-refractivity contribution in [2.24, 2.45) is 22.7 Å². The second-order valence-electron chi connectivity index (χ2n) is 9.49. The van der Waals surface area contributed by atoms with Crippen molar-refractivity contribution in [3.05, 3.63) is 23.8 Å². The summed E-state index contributed by atoms with van der Waals surface area (Å²) in [5.41, 5.74) is 2.90. The molecule has 0 N–H and O–H groups in total. The van der Waals surface area contributed by atoms with Gasteiger partial charge in [0.1, 0.15) is 6.61 Å². The van der Waals surface area contributed by atoms with E-state index in [9.17, 15) is 9.59 Å². The van der Waals surface area contributed by atoms with E-state index in [1.807, 2.05) is 6.08 Å². The number of carbonyl (C=O) groups is 2. The van der Waals surface area contributed by atoms with Crippen molar-refractivity contribution in [1.29, 1.82) is 0 Å². The molecule has 0 saturated heterocycles. The molecular weight excluding hydrogens is 352 g/mol. The van der Waals surface area contributed by atoms with Crippen LogP contribution in [0.15, 0.2) is 23.8 Å². The summed E-state index contributed by atoms with van der Waals surface area (Å²) in [5, 5.41) is 0. The minimum atomic E-state index is -0.241. The molecule has 0 aromatic heterocycles. The van der Waals surface area contributed by atoms with E-state index in [0.717, 1.165) is 32.1 Å². The summed E-state index contributed by atoms with van der Waals surface area (Å²) in [7, 11) is 0. The normalized spacial score (nSPS) is 33.2. The van der Waals surface area contributed by atoms with Crippen LogP contribution in [0, 0.1) is 22.7 Å². The fourth-order valence-corrected chi connectivity index (χ4v) is 5.83. The molecule has 0 amide bonds. The Labute approximate surface area is 170 Å². The molecule has 2 saturated carbocycles. The van der Waals surface area contributed by atoms with Gasteiger partial charge in [0.2, 0.25) is 0 Å². The molecule has 2 rings (SSSR count). The van der Waals surface area contributed by atoms with E-state index in [1.54, 1.807) is 0 Å². The second-order valence-corrected chi connectivity index (χ2v) is 9.49. The van der Waals surface area contributed by atoms with E-state index < -0.39 is 0 Å². The molecule has 158 valence electrons. The largest absolute Gasteiger partial charge is 0.465 e. The van der Waals surface area contributed by atoms with Crippen LogP contribution < -0.4 is 0 Å². The lowest BCUT2D eigenvalue weighted by Crippen LogP contribution is -2.52. The van der Waals surface area contributed by atoms with Crippen LogP contribution in [0.1, 0.15) is 79.6 Å². The average Bonchev–Trinajstić information content (AvgIpc) is 2.59. The molecule has 2 aliphatic carbocycles. The Hall–Kier alpha value is -1.58. The van der Waals surface area contributed by atoms with E-state index in [-0.39, 0.29) is 22.8 Å². The zero-order chi connectivity index (χ0) is 20.9. The SMILES string of the molecule is C=C1CCC2C(C)(COC(C)=O)CCCC2(C)C1CC/C(C)=C/COC(C)=O. The van der Waals surface area contributed by atoms with E-state index in [1.165, 1.54) is 37.8 Å². The van der Waals surface area contributed by atoms with Crippen LogP contribution in [0.2, 0.25) is 0 Å². The maximum absolute atomic E-state index is 11.4. The maximum Gasteiger partial charge on any atom is 0.302 e. The lowest BCUT2D eigenvalue weighted by atomic mass is 9.47. The monoisotopic (exact) mass is 390 g/mol. The molecule has 4 atom stereocenters. The van der Waals surface area contributed by atoms with Gasteiger partial charge in [-0.1, -0.05) is 38.0 Å². The van der Waals surface area contributed by atoms with Crippen LogP contribution in [-0.2, 0) is 19.1 Å². The van der Waals surface area contributed by atoms with Crippen LogP contribution >= 0.6 is 0 Å². The van der Waals surface area contributed by atoms with E-state index in [0.29, 0.717) is 25.0 Å². The molecule has 2 fully saturated rings. The van der Waals surface area contributed by atoms with Gasteiger partial charge in [-0.2, -0.15) is 0 Å². The Morgan fingerprint density at radius 1 is 1.14 bits per heavy atom. The minimum absolute atomic E-state index is 0.0534. The molecule has 4 heteroatoms. The number of allylic oxidation sites excluding steroid dienone is 2. The van der Waals surface area contributed by atoms with Gasteiger partial charge in [-0.05, 0) is 68.8 Å². The molecule has 0 aliphatic heterocycles. The zero-order valence-electron chi connectivity index (χ0n) is 18.4. The first kappa shape index (κ1) is 22.7. The first-order chi connectivity index (χ1) is 13.1. The summed E-state index contributed by atoms with van der Waals surface area (Å²) in [6, 6.07) is 0. The van der Waals surface area contributed by atoms with Gasteiger partial charge in [-0.3, -0.25) is 9.59 Å².